The normalized spacial score (nSPS) is 14.8. The average Bonchev–Trinajstić information content (AvgIpc) is 3.55. The molecular weight excluding hydrogens is 589 g/mol. The second kappa shape index (κ2) is 12.6. The van der Waals surface area contributed by atoms with Gasteiger partial charge in [0.2, 0.25) is 10.0 Å². The third kappa shape index (κ3) is 6.05. The molecule has 1 aliphatic heterocycles. The lowest BCUT2D eigenvalue weighted by Crippen LogP contribution is -2.30. The summed E-state index contributed by atoms with van der Waals surface area (Å²) < 4.78 is 35.4. The maximum absolute atomic E-state index is 13.5. The van der Waals surface area contributed by atoms with E-state index >= 15 is 0 Å². The van der Waals surface area contributed by atoms with Gasteiger partial charge >= 0.3 is 0 Å². The topological polar surface area (TPSA) is 84.7 Å². The molecular formula is C31H30N4O4S3. The number of rotatable bonds is 10. The van der Waals surface area contributed by atoms with Crippen LogP contribution in [0.25, 0.3) is 23.0 Å². The second-order valence-corrected chi connectivity index (χ2v) is 13.1. The van der Waals surface area contributed by atoms with Gasteiger partial charge in [-0.05, 0) is 48.0 Å². The Balaban J connectivity index is 1.54. The van der Waals surface area contributed by atoms with E-state index in [4.69, 9.17) is 22.1 Å². The van der Waals surface area contributed by atoms with Crippen molar-refractivity contribution in [2.24, 2.45) is 0 Å². The van der Waals surface area contributed by atoms with Crippen molar-refractivity contribution in [1.82, 2.24) is 19.0 Å². The highest BCUT2D eigenvalue weighted by Crippen LogP contribution is 2.36. The summed E-state index contributed by atoms with van der Waals surface area (Å²) in [5.74, 6) is 0.540. The first kappa shape index (κ1) is 29.7. The molecule has 3 aromatic carbocycles. The van der Waals surface area contributed by atoms with E-state index in [0.29, 0.717) is 45.7 Å². The van der Waals surface area contributed by atoms with E-state index in [1.54, 1.807) is 41.0 Å². The molecule has 0 saturated carbocycles. The third-order valence-electron chi connectivity index (χ3n) is 6.87. The van der Waals surface area contributed by atoms with Gasteiger partial charge in [0.15, 0.2) is 0 Å². The van der Waals surface area contributed by atoms with Crippen molar-refractivity contribution in [3.8, 4) is 22.7 Å². The van der Waals surface area contributed by atoms with Crippen LogP contribution >= 0.6 is 24.0 Å². The molecule has 42 heavy (non-hydrogen) atoms. The number of carbonyl (C=O) groups excluding carboxylic acids is 1. The van der Waals surface area contributed by atoms with Gasteiger partial charge in [0.25, 0.3) is 5.91 Å². The molecule has 1 amide bonds. The molecule has 0 bridgehead atoms. The Bertz CT molecular complexity index is 1750. The zero-order chi connectivity index (χ0) is 29.9. The highest BCUT2D eigenvalue weighted by molar-refractivity contribution is 8.26. The minimum Gasteiger partial charge on any atom is -0.497 e. The Morgan fingerprint density at radius 1 is 1.00 bits per heavy atom. The van der Waals surface area contributed by atoms with Crippen LogP contribution in [0, 0.1) is 0 Å². The van der Waals surface area contributed by atoms with Crippen LogP contribution < -0.4 is 4.74 Å². The molecule has 0 atom stereocenters. The number of methoxy groups -OCH3 is 1. The zero-order valence-electron chi connectivity index (χ0n) is 23.4. The first-order valence-corrected chi connectivity index (χ1v) is 16.1. The van der Waals surface area contributed by atoms with E-state index in [0.717, 1.165) is 17.0 Å². The van der Waals surface area contributed by atoms with Crippen LogP contribution in [0.2, 0.25) is 0 Å². The third-order valence-corrected chi connectivity index (χ3v) is 10.3. The fourth-order valence-electron chi connectivity index (χ4n) is 4.64. The minimum absolute atomic E-state index is 0.190. The molecule has 0 N–H and O–H groups in total. The number of thioether (sulfide) groups is 1. The fraction of sp³-hybridized carbons (Fsp3) is 0.194. The van der Waals surface area contributed by atoms with Crippen molar-refractivity contribution in [3.63, 3.8) is 0 Å². The number of ether oxygens (including phenoxy) is 1. The van der Waals surface area contributed by atoms with E-state index in [1.165, 1.54) is 16.1 Å². The van der Waals surface area contributed by atoms with E-state index in [9.17, 15) is 13.2 Å². The number of hydrogen-bond acceptors (Lipinski definition) is 7. The van der Waals surface area contributed by atoms with Crippen molar-refractivity contribution in [2.45, 2.75) is 25.3 Å². The number of carbonyl (C=O) groups is 1. The summed E-state index contributed by atoms with van der Waals surface area (Å²) >= 11 is 6.82. The molecule has 216 valence electrons. The van der Waals surface area contributed by atoms with Crippen molar-refractivity contribution in [1.29, 1.82) is 0 Å². The zero-order valence-corrected chi connectivity index (χ0v) is 25.9. The van der Waals surface area contributed by atoms with E-state index in [1.807, 2.05) is 80.7 Å². The molecule has 0 spiro atoms. The van der Waals surface area contributed by atoms with Crippen molar-refractivity contribution < 1.29 is 17.9 Å². The number of sulfonamides is 1. The van der Waals surface area contributed by atoms with Crippen LogP contribution in [0.1, 0.15) is 25.0 Å². The van der Waals surface area contributed by atoms with Gasteiger partial charge in [-0.15, -0.1) is 0 Å². The van der Waals surface area contributed by atoms with Gasteiger partial charge in [0.1, 0.15) is 15.8 Å². The van der Waals surface area contributed by atoms with Gasteiger partial charge in [-0.25, -0.2) is 13.1 Å². The number of aromatic nitrogens is 2. The Hall–Kier alpha value is -3.77. The maximum Gasteiger partial charge on any atom is 0.266 e. The van der Waals surface area contributed by atoms with Crippen molar-refractivity contribution in [2.75, 3.05) is 20.2 Å². The van der Waals surface area contributed by atoms with E-state index in [2.05, 4.69) is 0 Å². The molecule has 1 fully saturated rings. The van der Waals surface area contributed by atoms with Crippen LogP contribution in [0.3, 0.4) is 0 Å². The number of hydrogen-bond donors (Lipinski definition) is 0. The highest BCUT2D eigenvalue weighted by atomic mass is 32.2. The van der Waals surface area contributed by atoms with Crippen molar-refractivity contribution in [3.05, 3.63) is 101 Å². The second-order valence-electron chi connectivity index (χ2n) is 9.45. The first-order valence-electron chi connectivity index (χ1n) is 13.4. The fourth-order valence-corrected chi connectivity index (χ4v) is 7.39. The van der Waals surface area contributed by atoms with Gasteiger partial charge < -0.3 is 4.74 Å². The van der Waals surface area contributed by atoms with E-state index < -0.39 is 10.0 Å². The summed E-state index contributed by atoms with van der Waals surface area (Å²) in [4.78, 5) is 15.7. The summed E-state index contributed by atoms with van der Waals surface area (Å²) in [7, 11) is -2.07. The van der Waals surface area contributed by atoms with Gasteiger partial charge in [-0.1, -0.05) is 80.3 Å². The lowest BCUT2D eigenvalue weighted by molar-refractivity contribution is -0.122. The summed E-state index contributed by atoms with van der Waals surface area (Å²) in [6, 6.07) is 23.9. The SMILES string of the molecule is CCN(CC)S(=O)(=O)c1cccc(-c2nn(-c3ccccc3)cc2C=C2SC(=S)N(Cc3ccc(OC)cc3)C2=O)c1. The van der Waals surface area contributed by atoms with Gasteiger partial charge in [-0.2, -0.15) is 9.40 Å². The standard InChI is InChI=1S/C31H30N4O4S3/c1-4-33(5-2)42(37,38)27-13-9-10-23(18-27)29-24(21-35(32-29)25-11-7-6-8-12-25)19-28-30(36)34(31(40)41-28)20-22-14-16-26(39-3)17-15-22/h6-19,21H,4-5,20H2,1-3H3. The van der Waals surface area contributed by atoms with Gasteiger partial charge in [0, 0.05) is 30.4 Å². The Labute approximate surface area is 255 Å². The summed E-state index contributed by atoms with van der Waals surface area (Å²) in [5, 5.41) is 4.83. The van der Waals surface area contributed by atoms with Crippen LogP contribution in [0.15, 0.2) is 94.9 Å². The number of amides is 1. The number of para-hydroxylation sites is 1. The monoisotopic (exact) mass is 618 g/mol. The Morgan fingerprint density at radius 2 is 1.71 bits per heavy atom. The Morgan fingerprint density at radius 3 is 2.38 bits per heavy atom. The maximum atomic E-state index is 13.5. The lowest BCUT2D eigenvalue weighted by Gasteiger charge is -2.18. The summed E-state index contributed by atoms with van der Waals surface area (Å²) in [6.45, 7) is 4.71. The molecule has 0 unspecified atom stereocenters. The average molecular weight is 619 g/mol. The van der Waals surface area contributed by atoms with Crippen LogP contribution in [0.5, 0.6) is 5.75 Å². The summed E-state index contributed by atoms with van der Waals surface area (Å²) in [6.07, 6.45) is 3.62. The molecule has 1 aliphatic rings. The van der Waals surface area contributed by atoms with Gasteiger partial charge in [0.05, 0.1) is 29.1 Å². The van der Waals surface area contributed by atoms with Crippen molar-refractivity contribution >= 4 is 50.3 Å². The molecule has 1 aromatic heterocycles. The van der Waals surface area contributed by atoms with Crippen LogP contribution in [-0.2, 0) is 21.4 Å². The quantitative estimate of drug-likeness (QED) is 0.160. The molecule has 0 radical (unpaired) electrons. The van der Waals surface area contributed by atoms with Gasteiger partial charge in [-0.3, -0.25) is 9.69 Å². The van der Waals surface area contributed by atoms with Crippen LogP contribution in [0.4, 0.5) is 0 Å². The molecule has 0 aliphatic carbocycles. The van der Waals surface area contributed by atoms with Crippen LogP contribution in [-0.4, -0.2) is 57.8 Å². The lowest BCUT2D eigenvalue weighted by atomic mass is 10.1. The molecule has 4 aromatic rings. The molecule has 2 heterocycles. The predicted molar refractivity (Wildman–Crippen MR) is 171 cm³/mol. The highest BCUT2D eigenvalue weighted by Gasteiger charge is 2.32. The minimum atomic E-state index is -3.68. The molecule has 8 nitrogen and oxygen atoms in total. The number of benzene rings is 3. The molecule has 5 rings (SSSR count). The summed E-state index contributed by atoms with van der Waals surface area (Å²) in [5.41, 5.74) is 3.60. The predicted octanol–water partition coefficient (Wildman–Crippen LogP) is 5.98. The molecule has 11 heteroatoms. The molecule has 1 saturated heterocycles. The largest absolute Gasteiger partial charge is 0.497 e. The Kier molecular flexibility index (Phi) is 8.93. The first-order chi connectivity index (χ1) is 20.2. The number of thiocarbonyl (C=S) groups is 1. The smallest absolute Gasteiger partial charge is 0.266 e. The van der Waals surface area contributed by atoms with E-state index in [-0.39, 0.29) is 10.8 Å². The number of nitrogens with zero attached hydrogens (tertiary/aromatic N) is 4.